The Morgan fingerprint density at radius 1 is 1.27 bits per heavy atom. The molecule has 1 aromatic rings. The Hall–Kier alpha value is -2.04. The average molecular weight is 361 g/mol. The highest BCUT2D eigenvalue weighted by atomic mass is 16.6. The van der Waals surface area contributed by atoms with Crippen molar-refractivity contribution in [3.63, 3.8) is 0 Å². The highest BCUT2D eigenvalue weighted by Gasteiger charge is 2.46. The smallest absolute Gasteiger partial charge is 0.410 e. The largest absolute Gasteiger partial charge is 0.486 e. The van der Waals surface area contributed by atoms with Gasteiger partial charge in [0.2, 0.25) is 0 Å². The molecule has 2 aliphatic heterocycles. The van der Waals surface area contributed by atoms with Gasteiger partial charge in [-0.2, -0.15) is 0 Å². The van der Waals surface area contributed by atoms with Crippen molar-refractivity contribution < 1.29 is 19.1 Å². The summed E-state index contributed by atoms with van der Waals surface area (Å²) in [6.07, 6.45) is 1.34. The molecule has 2 heterocycles. The van der Waals surface area contributed by atoms with Gasteiger partial charge in [-0.1, -0.05) is 26.0 Å². The molecule has 1 spiro atoms. The number of amides is 1. The molecule has 0 bridgehead atoms. The molecule has 5 nitrogen and oxygen atoms in total. The first kappa shape index (κ1) is 20.3. The maximum Gasteiger partial charge on any atom is 0.410 e. The van der Waals surface area contributed by atoms with E-state index in [0.717, 1.165) is 0 Å². The van der Waals surface area contributed by atoms with Gasteiger partial charge in [0.05, 0.1) is 12.0 Å². The number of hydrogen-bond donors (Lipinski definition) is 0. The Labute approximate surface area is 156 Å². The number of para-hydroxylation sites is 1. The second kappa shape index (κ2) is 7.68. The van der Waals surface area contributed by atoms with Crippen molar-refractivity contribution in [1.82, 2.24) is 4.90 Å². The number of nitrogens with zero attached hydrogens (tertiary/aromatic N) is 1. The van der Waals surface area contributed by atoms with E-state index in [-0.39, 0.29) is 17.9 Å². The first-order valence-corrected chi connectivity index (χ1v) is 9.50. The number of carbonyl (C=O) groups is 2. The highest BCUT2D eigenvalue weighted by Crippen LogP contribution is 2.41. The van der Waals surface area contributed by atoms with Gasteiger partial charge in [-0.15, -0.1) is 0 Å². The van der Waals surface area contributed by atoms with Gasteiger partial charge in [-0.05, 0) is 39.8 Å². The molecule has 144 valence electrons. The van der Waals surface area contributed by atoms with Crippen LogP contribution in [0.2, 0.25) is 0 Å². The fourth-order valence-electron chi connectivity index (χ4n) is 3.58. The predicted molar refractivity (Wildman–Crippen MR) is 102 cm³/mol. The molecule has 2 atom stereocenters. The molecule has 26 heavy (non-hydrogen) atoms. The third kappa shape index (κ3) is 4.37. The summed E-state index contributed by atoms with van der Waals surface area (Å²) >= 11 is 0. The molecule has 1 amide bonds. The van der Waals surface area contributed by atoms with Crippen molar-refractivity contribution in [2.24, 2.45) is 0 Å². The Kier molecular flexibility index (Phi) is 5.99. The van der Waals surface area contributed by atoms with Crippen LogP contribution < -0.4 is 4.74 Å². The number of ketones is 1. The summed E-state index contributed by atoms with van der Waals surface area (Å²) in [6.45, 7) is 12.1. The summed E-state index contributed by atoms with van der Waals surface area (Å²) in [5.41, 5.74) is -0.365. The number of likely N-dealkylation sites (tertiary alicyclic amines) is 1. The van der Waals surface area contributed by atoms with Gasteiger partial charge < -0.3 is 14.4 Å². The average Bonchev–Trinajstić information content (AvgIpc) is 2.55. The minimum absolute atomic E-state index is 0.0355. The zero-order valence-electron chi connectivity index (χ0n) is 16.8. The van der Waals surface area contributed by atoms with Crippen molar-refractivity contribution in [1.29, 1.82) is 0 Å². The van der Waals surface area contributed by atoms with Crippen molar-refractivity contribution >= 4 is 11.9 Å². The third-order valence-electron chi connectivity index (χ3n) is 4.63. The van der Waals surface area contributed by atoms with Crippen LogP contribution in [0.3, 0.4) is 0 Å². The maximum absolute atomic E-state index is 12.5. The summed E-state index contributed by atoms with van der Waals surface area (Å²) in [7, 11) is 0. The molecule has 0 aliphatic carbocycles. The number of ether oxygens (including phenoxy) is 2. The molecule has 0 radical (unpaired) electrons. The summed E-state index contributed by atoms with van der Waals surface area (Å²) in [5.74, 6) is 0.779. The lowest BCUT2D eigenvalue weighted by Gasteiger charge is -2.47. The van der Waals surface area contributed by atoms with Gasteiger partial charge in [0.25, 0.3) is 0 Å². The lowest BCUT2D eigenvalue weighted by Crippen LogP contribution is -2.56. The van der Waals surface area contributed by atoms with E-state index in [1.807, 2.05) is 65.8 Å². The van der Waals surface area contributed by atoms with E-state index in [1.54, 1.807) is 4.90 Å². The third-order valence-corrected chi connectivity index (χ3v) is 4.63. The molecular formula is C21H31NO4. The van der Waals surface area contributed by atoms with E-state index in [1.165, 1.54) is 0 Å². The quantitative estimate of drug-likeness (QED) is 0.664. The standard InChI is InChI=1S/C19H25NO4.C2H6/c1-13-11-19(9-10-20(13)17(22)24-18(2,3)4)12-15(21)14-7-5-6-8-16(14)23-19;1-2/h5-8,13H,9-12H2,1-4H3;1-2H3. The van der Waals surface area contributed by atoms with Crippen LogP contribution >= 0.6 is 0 Å². The monoisotopic (exact) mass is 361 g/mol. The minimum Gasteiger partial charge on any atom is -0.486 e. The molecule has 0 saturated carbocycles. The van der Waals surface area contributed by atoms with E-state index in [9.17, 15) is 9.59 Å². The number of piperidine rings is 1. The van der Waals surface area contributed by atoms with Crippen LogP contribution in [0.15, 0.2) is 24.3 Å². The molecule has 5 heteroatoms. The summed E-state index contributed by atoms with van der Waals surface area (Å²) < 4.78 is 11.7. The second-order valence-corrected chi connectivity index (χ2v) is 7.86. The zero-order valence-corrected chi connectivity index (χ0v) is 16.8. The molecule has 2 aliphatic rings. The predicted octanol–water partition coefficient (Wildman–Crippen LogP) is 4.84. The van der Waals surface area contributed by atoms with Crippen LogP contribution in [-0.2, 0) is 4.74 Å². The molecule has 1 aromatic carbocycles. The van der Waals surface area contributed by atoms with Crippen LogP contribution in [0, 0.1) is 0 Å². The summed E-state index contributed by atoms with van der Waals surface area (Å²) in [6, 6.07) is 7.35. The SMILES string of the molecule is CC.CC1CC2(CCN1C(=O)OC(C)(C)C)CC(=O)c1ccccc1O2. The van der Waals surface area contributed by atoms with E-state index < -0.39 is 11.2 Å². The molecule has 0 aromatic heterocycles. The van der Waals surface area contributed by atoms with Gasteiger partial charge in [-0.3, -0.25) is 4.79 Å². The normalized spacial score (nSPS) is 24.9. The number of benzene rings is 1. The lowest BCUT2D eigenvalue weighted by molar-refractivity contribution is -0.0406. The van der Waals surface area contributed by atoms with E-state index in [4.69, 9.17) is 9.47 Å². The Bertz CT molecular complexity index is 664. The van der Waals surface area contributed by atoms with Gasteiger partial charge in [0.1, 0.15) is 17.0 Å². The first-order valence-electron chi connectivity index (χ1n) is 9.50. The van der Waals surface area contributed by atoms with Crippen molar-refractivity contribution in [3.8, 4) is 5.75 Å². The first-order chi connectivity index (χ1) is 12.2. The number of Topliss-reactive ketones (excluding diaryl/α,β-unsaturated/α-hetero) is 1. The van der Waals surface area contributed by atoms with E-state index in [2.05, 4.69) is 0 Å². The van der Waals surface area contributed by atoms with Crippen molar-refractivity contribution in [3.05, 3.63) is 29.8 Å². The van der Waals surface area contributed by atoms with Crippen LogP contribution in [0.5, 0.6) is 5.75 Å². The number of carbonyl (C=O) groups excluding carboxylic acids is 2. The van der Waals surface area contributed by atoms with Gasteiger partial charge >= 0.3 is 6.09 Å². The van der Waals surface area contributed by atoms with Crippen molar-refractivity contribution in [2.45, 2.75) is 78.0 Å². The Balaban J connectivity index is 0.00000117. The van der Waals surface area contributed by atoms with E-state index >= 15 is 0 Å². The Morgan fingerprint density at radius 3 is 2.54 bits per heavy atom. The van der Waals surface area contributed by atoms with Gasteiger partial charge in [-0.25, -0.2) is 4.79 Å². The van der Waals surface area contributed by atoms with Gasteiger partial charge in [0.15, 0.2) is 5.78 Å². The van der Waals surface area contributed by atoms with Crippen LogP contribution in [0.4, 0.5) is 4.79 Å². The molecule has 0 N–H and O–H groups in total. The van der Waals surface area contributed by atoms with Crippen LogP contribution in [-0.4, -0.2) is 40.6 Å². The lowest BCUT2D eigenvalue weighted by atomic mass is 9.80. The van der Waals surface area contributed by atoms with E-state index in [0.29, 0.717) is 37.1 Å². The van der Waals surface area contributed by atoms with Gasteiger partial charge in [0, 0.05) is 25.4 Å². The fourth-order valence-corrected chi connectivity index (χ4v) is 3.58. The summed E-state index contributed by atoms with van der Waals surface area (Å²) in [5, 5.41) is 0. The number of fused-ring (bicyclic) bond motifs is 1. The topological polar surface area (TPSA) is 55.8 Å². The number of rotatable bonds is 0. The second-order valence-electron chi connectivity index (χ2n) is 7.86. The molecule has 2 unspecified atom stereocenters. The Morgan fingerprint density at radius 2 is 1.92 bits per heavy atom. The van der Waals surface area contributed by atoms with Crippen LogP contribution in [0.25, 0.3) is 0 Å². The minimum atomic E-state index is -0.512. The molecular weight excluding hydrogens is 330 g/mol. The summed E-state index contributed by atoms with van der Waals surface area (Å²) in [4.78, 5) is 26.6. The van der Waals surface area contributed by atoms with Crippen molar-refractivity contribution in [2.75, 3.05) is 6.54 Å². The maximum atomic E-state index is 12.5. The van der Waals surface area contributed by atoms with Crippen LogP contribution in [0.1, 0.15) is 71.2 Å². The molecule has 1 fully saturated rings. The number of hydrogen-bond acceptors (Lipinski definition) is 4. The molecule has 3 rings (SSSR count). The molecule has 1 saturated heterocycles. The zero-order chi connectivity index (χ0) is 19.5. The highest BCUT2D eigenvalue weighted by molar-refractivity contribution is 6.00. The fraction of sp³-hybridized carbons (Fsp3) is 0.619.